The molecule has 0 aliphatic carbocycles. The summed E-state index contributed by atoms with van der Waals surface area (Å²) in [6.07, 6.45) is 12.4. The summed E-state index contributed by atoms with van der Waals surface area (Å²) in [6, 6.07) is 36.2. The molecule has 0 amide bonds. The molecule has 0 saturated heterocycles. The first-order valence-corrected chi connectivity index (χ1v) is 19.4. The second kappa shape index (κ2) is 20.4. The van der Waals surface area contributed by atoms with Crippen molar-refractivity contribution in [1.82, 2.24) is 0 Å². The average molecular weight is 751 g/mol. The predicted octanol–water partition coefficient (Wildman–Crippen LogP) is 11.3. The maximum atomic E-state index is 11.0. The van der Waals surface area contributed by atoms with Gasteiger partial charge < -0.3 is 24.2 Å². The monoisotopic (exact) mass is 750 g/mol. The van der Waals surface area contributed by atoms with Gasteiger partial charge in [0.2, 0.25) is 0 Å². The molecule has 0 bridgehead atoms. The van der Waals surface area contributed by atoms with Crippen molar-refractivity contribution in [3.05, 3.63) is 153 Å². The fraction of sp³-hybridized carbons (Fsp3) is 0.250. The molecule has 5 aromatic rings. The van der Waals surface area contributed by atoms with Crippen molar-refractivity contribution in [2.45, 2.75) is 27.7 Å². The van der Waals surface area contributed by atoms with E-state index < -0.39 is 0 Å². The van der Waals surface area contributed by atoms with Crippen LogP contribution in [0.5, 0.6) is 11.5 Å². The third kappa shape index (κ3) is 11.1. The predicted molar refractivity (Wildman–Crippen MR) is 238 cm³/mol. The molecule has 0 aliphatic heterocycles. The van der Waals surface area contributed by atoms with Gasteiger partial charge in [-0.05, 0) is 111 Å². The van der Waals surface area contributed by atoms with Gasteiger partial charge in [-0.15, -0.1) is 0 Å². The Hall–Kier alpha value is -6.28. The highest BCUT2D eigenvalue weighted by atomic mass is 16.6. The zero-order valence-electron chi connectivity index (χ0n) is 33.5. The van der Waals surface area contributed by atoms with E-state index >= 15 is 0 Å². The Labute approximate surface area is 332 Å². The van der Waals surface area contributed by atoms with Crippen molar-refractivity contribution in [2.75, 3.05) is 68.2 Å². The quantitative estimate of drug-likeness (QED) is 0.0473. The zero-order chi connectivity index (χ0) is 39.9. The molecule has 8 heteroatoms. The molecule has 0 N–H and O–H groups in total. The van der Waals surface area contributed by atoms with Crippen molar-refractivity contribution in [1.29, 1.82) is 0 Å². The zero-order valence-corrected chi connectivity index (χ0v) is 33.5. The standard InChI is InChI=1S/C48H54N4O4/c1-7-50(8-2)44-27-17-39(18-28-44)13-23-41-36-48(42(35-47(41)55-6)24-14-40-19-29-45(30-20-40)51(9-3)10-4)56-34-33-49(5)43-25-15-37(16-26-43)11-12-38-21-31-46(32-22-38)52(53)54/h11-32,35-36H,7-10,33-34H2,1-6H3/b12-11+,23-13+,24-14+. The van der Waals surface area contributed by atoms with Crippen LogP contribution in [0.3, 0.4) is 0 Å². The summed E-state index contributed by atoms with van der Waals surface area (Å²) in [4.78, 5) is 17.4. The van der Waals surface area contributed by atoms with Gasteiger partial charge in [0, 0.05) is 73.5 Å². The number of likely N-dealkylation sites (N-methyl/N-ethyl adjacent to an activating group) is 1. The summed E-state index contributed by atoms with van der Waals surface area (Å²) in [5.41, 5.74) is 9.60. The number of rotatable bonds is 19. The van der Waals surface area contributed by atoms with E-state index in [1.54, 1.807) is 19.2 Å². The molecule has 0 saturated carbocycles. The highest BCUT2D eigenvalue weighted by Gasteiger charge is 2.11. The smallest absolute Gasteiger partial charge is 0.269 e. The number of hydrogen-bond acceptors (Lipinski definition) is 7. The summed E-state index contributed by atoms with van der Waals surface area (Å²) in [7, 11) is 3.76. The Morgan fingerprint density at radius 1 is 0.554 bits per heavy atom. The molecular formula is C48H54N4O4. The first-order chi connectivity index (χ1) is 27.2. The number of nitro groups is 1. The number of ether oxygens (including phenoxy) is 2. The number of methoxy groups -OCH3 is 1. The molecule has 0 spiro atoms. The van der Waals surface area contributed by atoms with Crippen molar-refractivity contribution in [3.8, 4) is 11.5 Å². The second-order valence-electron chi connectivity index (χ2n) is 13.4. The minimum absolute atomic E-state index is 0.0832. The van der Waals surface area contributed by atoms with E-state index in [1.165, 1.54) is 23.5 Å². The normalized spacial score (nSPS) is 11.4. The third-order valence-corrected chi connectivity index (χ3v) is 9.91. The fourth-order valence-corrected chi connectivity index (χ4v) is 6.46. The molecule has 0 heterocycles. The lowest BCUT2D eigenvalue weighted by Crippen LogP contribution is -2.23. The number of hydrogen-bond donors (Lipinski definition) is 0. The summed E-state index contributed by atoms with van der Waals surface area (Å²) in [5, 5.41) is 11.0. The highest BCUT2D eigenvalue weighted by Crippen LogP contribution is 2.33. The molecule has 0 radical (unpaired) electrons. The minimum Gasteiger partial charge on any atom is -0.496 e. The Morgan fingerprint density at radius 3 is 1.34 bits per heavy atom. The number of benzene rings is 5. The summed E-state index contributed by atoms with van der Waals surface area (Å²) >= 11 is 0. The van der Waals surface area contributed by atoms with Crippen LogP contribution in [0.1, 0.15) is 61.1 Å². The van der Waals surface area contributed by atoms with Crippen LogP contribution in [0.25, 0.3) is 36.5 Å². The van der Waals surface area contributed by atoms with Crippen LogP contribution in [0, 0.1) is 10.1 Å². The van der Waals surface area contributed by atoms with Gasteiger partial charge in [-0.3, -0.25) is 10.1 Å². The van der Waals surface area contributed by atoms with Gasteiger partial charge in [0.05, 0.1) is 18.6 Å². The second-order valence-corrected chi connectivity index (χ2v) is 13.4. The van der Waals surface area contributed by atoms with E-state index in [2.05, 4.69) is 153 Å². The molecular weight excluding hydrogens is 697 g/mol. The average Bonchev–Trinajstić information content (AvgIpc) is 3.23. The molecule has 0 aliphatic rings. The van der Waals surface area contributed by atoms with Crippen LogP contribution in [-0.2, 0) is 0 Å². The molecule has 0 atom stereocenters. The van der Waals surface area contributed by atoms with E-state index in [-0.39, 0.29) is 10.6 Å². The van der Waals surface area contributed by atoms with Crippen LogP contribution in [-0.4, -0.2) is 58.4 Å². The maximum absolute atomic E-state index is 11.0. The van der Waals surface area contributed by atoms with Gasteiger partial charge in [-0.25, -0.2) is 0 Å². The first kappa shape index (κ1) is 40.9. The topological polar surface area (TPSA) is 71.3 Å². The number of nitro benzene ring substituents is 1. The van der Waals surface area contributed by atoms with E-state index in [0.717, 1.165) is 76.7 Å². The largest absolute Gasteiger partial charge is 0.496 e. The van der Waals surface area contributed by atoms with E-state index in [1.807, 2.05) is 18.2 Å². The van der Waals surface area contributed by atoms with E-state index in [9.17, 15) is 10.1 Å². The molecule has 8 nitrogen and oxygen atoms in total. The van der Waals surface area contributed by atoms with Gasteiger partial charge in [0.1, 0.15) is 18.1 Å². The van der Waals surface area contributed by atoms with Gasteiger partial charge in [0.15, 0.2) is 0 Å². The van der Waals surface area contributed by atoms with Crippen molar-refractivity contribution in [3.63, 3.8) is 0 Å². The Balaban J connectivity index is 1.32. The fourth-order valence-electron chi connectivity index (χ4n) is 6.46. The summed E-state index contributed by atoms with van der Waals surface area (Å²) in [6.45, 7) is 13.7. The Kier molecular flexibility index (Phi) is 14.9. The minimum atomic E-state index is -0.390. The molecule has 0 aromatic heterocycles. The Morgan fingerprint density at radius 2 is 0.929 bits per heavy atom. The van der Waals surface area contributed by atoms with Gasteiger partial charge in [0.25, 0.3) is 5.69 Å². The lowest BCUT2D eigenvalue weighted by molar-refractivity contribution is -0.384. The number of non-ortho nitro benzene ring substituents is 1. The van der Waals surface area contributed by atoms with Crippen LogP contribution < -0.4 is 24.2 Å². The molecule has 5 aromatic carbocycles. The lowest BCUT2D eigenvalue weighted by Gasteiger charge is -2.21. The first-order valence-electron chi connectivity index (χ1n) is 19.4. The highest BCUT2D eigenvalue weighted by molar-refractivity contribution is 5.79. The lowest BCUT2D eigenvalue weighted by atomic mass is 10.0. The Bertz CT molecular complexity index is 2080. The molecule has 0 unspecified atom stereocenters. The summed E-state index contributed by atoms with van der Waals surface area (Å²) < 4.78 is 12.4. The molecule has 5 rings (SSSR count). The van der Waals surface area contributed by atoms with Crippen LogP contribution in [0.15, 0.2) is 109 Å². The van der Waals surface area contributed by atoms with Crippen LogP contribution >= 0.6 is 0 Å². The van der Waals surface area contributed by atoms with Crippen LogP contribution in [0.2, 0.25) is 0 Å². The van der Waals surface area contributed by atoms with E-state index in [0.29, 0.717) is 13.2 Å². The number of nitrogens with zero attached hydrogens (tertiary/aromatic N) is 4. The van der Waals surface area contributed by atoms with Gasteiger partial charge in [-0.1, -0.05) is 72.9 Å². The SMILES string of the molecule is CCN(CC)c1ccc(/C=C/c2cc(OCCN(C)c3ccc(/C=C/c4ccc([N+](=O)[O-])cc4)cc3)c(/C=C/c3ccc(N(CC)CC)cc3)cc2OC)cc1. The van der Waals surface area contributed by atoms with E-state index in [4.69, 9.17) is 9.47 Å². The molecule has 56 heavy (non-hydrogen) atoms. The molecule has 0 fully saturated rings. The third-order valence-electron chi connectivity index (χ3n) is 9.91. The summed E-state index contributed by atoms with van der Waals surface area (Å²) in [5.74, 6) is 1.54. The van der Waals surface area contributed by atoms with Gasteiger partial charge in [-0.2, -0.15) is 0 Å². The van der Waals surface area contributed by atoms with Crippen molar-refractivity contribution < 1.29 is 14.4 Å². The van der Waals surface area contributed by atoms with Crippen molar-refractivity contribution >= 4 is 59.2 Å². The van der Waals surface area contributed by atoms with Gasteiger partial charge >= 0.3 is 0 Å². The van der Waals surface area contributed by atoms with Crippen LogP contribution in [0.4, 0.5) is 22.7 Å². The van der Waals surface area contributed by atoms with Crippen molar-refractivity contribution in [2.24, 2.45) is 0 Å². The number of anilines is 3. The maximum Gasteiger partial charge on any atom is 0.269 e. The molecule has 290 valence electrons.